The third kappa shape index (κ3) is 4.86. The van der Waals surface area contributed by atoms with E-state index < -0.39 is 0 Å². The summed E-state index contributed by atoms with van der Waals surface area (Å²) in [5, 5.41) is 0. The van der Waals surface area contributed by atoms with E-state index in [-0.39, 0.29) is 5.91 Å². The summed E-state index contributed by atoms with van der Waals surface area (Å²) in [5.41, 5.74) is 1.70. The maximum atomic E-state index is 12.5. The number of nitrogens with zero attached hydrogens (tertiary/aromatic N) is 3. The molecule has 0 N–H and O–H groups in total. The molecule has 29 heavy (non-hydrogen) atoms. The van der Waals surface area contributed by atoms with Crippen molar-refractivity contribution < 1.29 is 14.3 Å². The molecule has 0 unspecified atom stereocenters. The van der Waals surface area contributed by atoms with Crippen LogP contribution in [0.3, 0.4) is 0 Å². The molecule has 0 spiro atoms. The Morgan fingerprint density at radius 3 is 2.59 bits per heavy atom. The first kappa shape index (κ1) is 19.7. The zero-order valence-electron chi connectivity index (χ0n) is 17.0. The normalized spacial score (nSPS) is 18.0. The average Bonchev–Trinajstić information content (AvgIpc) is 3.28. The molecule has 0 bridgehead atoms. The van der Waals surface area contributed by atoms with Crippen LogP contribution in [0.4, 0.5) is 0 Å². The van der Waals surface area contributed by atoms with E-state index in [1.807, 2.05) is 11.0 Å². The minimum absolute atomic E-state index is 0.0201. The molecule has 1 aromatic heterocycles. The van der Waals surface area contributed by atoms with Gasteiger partial charge in [0.1, 0.15) is 5.69 Å². The predicted molar refractivity (Wildman–Crippen MR) is 110 cm³/mol. The van der Waals surface area contributed by atoms with E-state index >= 15 is 0 Å². The first-order valence-corrected chi connectivity index (χ1v) is 10.6. The zero-order chi connectivity index (χ0) is 20.1. The summed E-state index contributed by atoms with van der Waals surface area (Å²) in [6, 6.07) is 6.30. The fourth-order valence-corrected chi connectivity index (χ4v) is 4.37. The number of piperidine rings is 1. The summed E-state index contributed by atoms with van der Waals surface area (Å²) in [6.07, 6.45) is 12.8. The standard InChI is InChI=1S/C23H29N3O3/c1-28-21-7-6-18(15-22(21)29-19-4-2-3-5-19)14-17-8-12-26(13-9-17)23(27)20-16-24-10-11-25-20/h6-7,10-11,15-17,19H,2-5,8-9,12-14H2,1H3. The molecule has 4 rings (SSSR count). The molecule has 6 heteroatoms. The van der Waals surface area contributed by atoms with Gasteiger partial charge in [0.15, 0.2) is 11.5 Å². The molecule has 0 radical (unpaired) electrons. The van der Waals surface area contributed by atoms with E-state index in [0.29, 0.717) is 17.7 Å². The van der Waals surface area contributed by atoms with Gasteiger partial charge in [-0.25, -0.2) is 4.98 Å². The van der Waals surface area contributed by atoms with Crippen molar-refractivity contribution >= 4 is 5.91 Å². The SMILES string of the molecule is COc1ccc(CC2CCN(C(=O)c3cnccn3)CC2)cc1OC1CCCC1. The van der Waals surface area contributed by atoms with Crippen molar-refractivity contribution in [2.75, 3.05) is 20.2 Å². The number of ether oxygens (including phenoxy) is 2. The molecule has 2 heterocycles. The second-order valence-electron chi connectivity index (χ2n) is 8.04. The van der Waals surface area contributed by atoms with E-state index in [2.05, 4.69) is 22.1 Å². The molecule has 0 atom stereocenters. The lowest BCUT2D eigenvalue weighted by atomic mass is 9.90. The van der Waals surface area contributed by atoms with E-state index in [0.717, 1.165) is 56.7 Å². The Bertz CT molecular complexity index is 813. The molecule has 2 fully saturated rings. The van der Waals surface area contributed by atoms with Crippen LogP contribution in [0.1, 0.15) is 54.6 Å². The topological polar surface area (TPSA) is 64.5 Å². The number of amides is 1. The van der Waals surface area contributed by atoms with Crippen LogP contribution in [0, 0.1) is 5.92 Å². The van der Waals surface area contributed by atoms with Crippen LogP contribution in [0.15, 0.2) is 36.8 Å². The van der Waals surface area contributed by atoms with Crippen LogP contribution in [-0.4, -0.2) is 47.1 Å². The molecule has 1 saturated heterocycles. The Hall–Kier alpha value is -2.63. The van der Waals surface area contributed by atoms with Gasteiger partial charge in [0, 0.05) is 25.5 Å². The molecule has 6 nitrogen and oxygen atoms in total. The molecular formula is C23H29N3O3. The smallest absolute Gasteiger partial charge is 0.274 e. The number of carbonyl (C=O) groups is 1. The monoisotopic (exact) mass is 395 g/mol. The summed E-state index contributed by atoms with van der Waals surface area (Å²) in [7, 11) is 1.69. The lowest BCUT2D eigenvalue weighted by Crippen LogP contribution is -2.39. The number of benzene rings is 1. The highest BCUT2D eigenvalue weighted by molar-refractivity contribution is 5.92. The van der Waals surface area contributed by atoms with Crippen LogP contribution in [0.5, 0.6) is 11.5 Å². The van der Waals surface area contributed by atoms with Gasteiger partial charge in [-0.05, 0) is 68.6 Å². The largest absolute Gasteiger partial charge is 0.493 e. The van der Waals surface area contributed by atoms with E-state index in [4.69, 9.17) is 9.47 Å². The van der Waals surface area contributed by atoms with Gasteiger partial charge in [0.05, 0.1) is 19.4 Å². The Morgan fingerprint density at radius 2 is 1.90 bits per heavy atom. The van der Waals surface area contributed by atoms with Crippen molar-refractivity contribution in [2.24, 2.45) is 5.92 Å². The lowest BCUT2D eigenvalue weighted by Gasteiger charge is -2.32. The third-order valence-electron chi connectivity index (χ3n) is 6.03. The molecule has 1 aliphatic carbocycles. The Morgan fingerprint density at radius 1 is 1.10 bits per heavy atom. The average molecular weight is 396 g/mol. The highest BCUT2D eigenvalue weighted by Gasteiger charge is 2.25. The molecule has 154 valence electrons. The molecule has 2 aliphatic rings. The van der Waals surface area contributed by atoms with Gasteiger partial charge in [-0.2, -0.15) is 0 Å². The van der Waals surface area contributed by atoms with Crippen LogP contribution < -0.4 is 9.47 Å². The molecule has 1 aromatic carbocycles. The highest BCUT2D eigenvalue weighted by atomic mass is 16.5. The van der Waals surface area contributed by atoms with Gasteiger partial charge >= 0.3 is 0 Å². The maximum Gasteiger partial charge on any atom is 0.274 e. The molecule has 2 aromatic rings. The number of methoxy groups -OCH3 is 1. The molecule has 1 saturated carbocycles. The van der Waals surface area contributed by atoms with Gasteiger partial charge in [0.25, 0.3) is 5.91 Å². The van der Waals surface area contributed by atoms with Crippen LogP contribution >= 0.6 is 0 Å². The second kappa shape index (κ2) is 9.25. The van der Waals surface area contributed by atoms with Crippen molar-refractivity contribution in [3.63, 3.8) is 0 Å². The maximum absolute atomic E-state index is 12.5. The van der Waals surface area contributed by atoms with Crippen molar-refractivity contribution in [1.29, 1.82) is 0 Å². The summed E-state index contributed by atoms with van der Waals surface area (Å²) in [5.74, 6) is 2.22. The molecule has 1 aliphatic heterocycles. The van der Waals surface area contributed by atoms with Gasteiger partial charge in [0.2, 0.25) is 0 Å². The quantitative estimate of drug-likeness (QED) is 0.742. The number of likely N-dealkylation sites (tertiary alicyclic amines) is 1. The van der Waals surface area contributed by atoms with E-state index in [9.17, 15) is 4.79 Å². The van der Waals surface area contributed by atoms with E-state index in [1.54, 1.807) is 19.5 Å². The van der Waals surface area contributed by atoms with Gasteiger partial charge in [-0.3, -0.25) is 9.78 Å². The minimum atomic E-state index is -0.0201. The first-order valence-electron chi connectivity index (χ1n) is 10.6. The van der Waals surface area contributed by atoms with Crippen LogP contribution in [0.25, 0.3) is 0 Å². The number of hydrogen-bond acceptors (Lipinski definition) is 5. The Kier molecular flexibility index (Phi) is 6.27. The fourth-order valence-electron chi connectivity index (χ4n) is 4.37. The second-order valence-corrected chi connectivity index (χ2v) is 8.04. The Balaban J connectivity index is 1.34. The zero-order valence-corrected chi connectivity index (χ0v) is 17.0. The number of aromatic nitrogens is 2. The third-order valence-corrected chi connectivity index (χ3v) is 6.03. The summed E-state index contributed by atoms with van der Waals surface area (Å²) >= 11 is 0. The van der Waals surface area contributed by atoms with Crippen molar-refractivity contribution in [2.45, 2.75) is 51.0 Å². The molecular weight excluding hydrogens is 366 g/mol. The van der Waals surface area contributed by atoms with Crippen LogP contribution in [0.2, 0.25) is 0 Å². The number of rotatable bonds is 6. The minimum Gasteiger partial charge on any atom is -0.493 e. The van der Waals surface area contributed by atoms with Crippen molar-refractivity contribution in [3.05, 3.63) is 48.0 Å². The van der Waals surface area contributed by atoms with Gasteiger partial charge in [-0.15, -0.1) is 0 Å². The lowest BCUT2D eigenvalue weighted by molar-refractivity contribution is 0.0684. The van der Waals surface area contributed by atoms with Gasteiger partial charge in [-0.1, -0.05) is 6.07 Å². The van der Waals surface area contributed by atoms with Crippen molar-refractivity contribution in [1.82, 2.24) is 14.9 Å². The molecule has 1 amide bonds. The van der Waals surface area contributed by atoms with E-state index in [1.165, 1.54) is 24.6 Å². The fraction of sp³-hybridized carbons (Fsp3) is 0.522. The van der Waals surface area contributed by atoms with Gasteiger partial charge < -0.3 is 14.4 Å². The Labute approximate surface area is 172 Å². The first-order chi connectivity index (χ1) is 14.2. The van der Waals surface area contributed by atoms with Crippen molar-refractivity contribution in [3.8, 4) is 11.5 Å². The number of hydrogen-bond donors (Lipinski definition) is 0. The number of carbonyl (C=O) groups excluding carboxylic acids is 1. The predicted octanol–water partition coefficient (Wildman–Crippen LogP) is 3.90. The highest BCUT2D eigenvalue weighted by Crippen LogP contribution is 2.34. The summed E-state index contributed by atoms with van der Waals surface area (Å²) in [4.78, 5) is 22.6. The van der Waals surface area contributed by atoms with Crippen LogP contribution in [-0.2, 0) is 6.42 Å². The summed E-state index contributed by atoms with van der Waals surface area (Å²) in [6.45, 7) is 1.53. The summed E-state index contributed by atoms with van der Waals surface area (Å²) < 4.78 is 11.7.